The summed E-state index contributed by atoms with van der Waals surface area (Å²) in [7, 11) is 1.65. The number of rotatable bonds is 8. The van der Waals surface area contributed by atoms with Gasteiger partial charge in [-0.3, -0.25) is 14.5 Å². The van der Waals surface area contributed by atoms with Gasteiger partial charge in [-0.05, 0) is 18.9 Å². The highest BCUT2D eigenvalue weighted by Gasteiger charge is 2.18. The van der Waals surface area contributed by atoms with Gasteiger partial charge in [-0.2, -0.15) is 0 Å². The van der Waals surface area contributed by atoms with E-state index in [4.69, 9.17) is 5.11 Å². The van der Waals surface area contributed by atoms with Crippen molar-refractivity contribution in [2.45, 2.75) is 27.7 Å². The minimum absolute atomic E-state index is 0.00106. The number of carbonyl (C=O) groups is 2. The van der Waals surface area contributed by atoms with Crippen molar-refractivity contribution in [2.75, 3.05) is 33.2 Å². The van der Waals surface area contributed by atoms with E-state index >= 15 is 0 Å². The number of aliphatic carboxylic acids is 1. The van der Waals surface area contributed by atoms with Crippen LogP contribution in [0.4, 0.5) is 0 Å². The molecule has 0 bridgehead atoms. The molecule has 0 unspecified atom stereocenters. The van der Waals surface area contributed by atoms with E-state index in [0.717, 1.165) is 13.1 Å². The maximum absolute atomic E-state index is 12.1. The molecule has 0 aliphatic heterocycles. The maximum Gasteiger partial charge on any atom is 0.317 e. The number of carbonyl (C=O) groups excluding carboxylic acids is 1. The van der Waals surface area contributed by atoms with Gasteiger partial charge in [0.1, 0.15) is 0 Å². The molecule has 5 heteroatoms. The number of likely N-dealkylation sites (N-methyl/N-ethyl adjacent to an activating group) is 1. The molecule has 106 valence electrons. The molecule has 0 atom stereocenters. The second kappa shape index (κ2) is 8.08. The Morgan fingerprint density at radius 2 is 1.44 bits per heavy atom. The van der Waals surface area contributed by atoms with Crippen molar-refractivity contribution in [1.29, 1.82) is 0 Å². The summed E-state index contributed by atoms with van der Waals surface area (Å²) in [5.41, 5.74) is 0. The van der Waals surface area contributed by atoms with Crippen LogP contribution < -0.4 is 0 Å². The Morgan fingerprint density at radius 3 is 1.78 bits per heavy atom. The first-order chi connectivity index (χ1) is 8.22. The van der Waals surface area contributed by atoms with Crippen LogP contribution in [0.5, 0.6) is 0 Å². The topological polar surface area (TPSA) is 60.9 Å². The van der Waals surface area contributed by atoms with Gasteiger partial charge >= 0.3 is 5.97 Å². The van der Waals surface area contributed by atoms with E-state index in [9.17, 15) is 9.59 Å². The molecular weight excluding hydrogens is 232 g/mol. The number of carboxylic acids is 1. The highest BCUT2D eigenvalue weighted by molar-refractivity contribution is 5.79. The van der Waals surface area contributed by atoms with Gasteiger partial charge in [-0.15, -0.1) is 0 Å². The number of hydrogen-bond acceptors (Lipinski definition) is 3. The molecule has 0 spiro atoms. The van der Waals surface area contributed by atoms with Gasteiger partial charge in [0.25, 0.3) is 0 Å². The smallest absolute Gasteiger partial charge is 0.317 e. The van der Waals surface area contributed by atoms with Crippen LogP contribution in [0.2, 0.25) is 0 Å². The fraction of sp³-hybridized carbons (Fsp3) is 0.846. The largest absolute Gasteiger partial charge is 0.480 e. The van der Waals surface area contributed by atoms with Gasteiger partial charge in [0, 0.05) is 13.1 Å². The molecule has 5 nitrogen and oxygen atoms in total. The van der Waals surface area contributed by atoms with Crippen LogP contribution in [-0.4, -0.2) is 60.0 Å². The lowest BCUT2D eigenvalue weighted by atomic mass is 10.1. The van der Waals surface area contributed by atoms with Crippen LogP contribution in [0.15, 0.2) is 0 Å². The summed E-state index contributed by atoms with van der Waals surface area (Å²) >= 11 is 0. The molecule has 0 saturated carbocycles. The summed E-state index contributed by atoms with van der Waals surface area (Å²) in [5.74, 6) is -0.0827. The zero-order valence-corrected chi connectivity index (χ0v) is 12.1. The van der Waals surface area contributed by atoms with E-state index in [1.165, 1.54) is 4.90 Å². The van der Waals surface area contributed by atoms with Gasteiger partial charge < -0.3 is 10.0 Å². The average molecular weight is 258 g/mol. The quantitative estimate of drug-likeness (QED) is 0.709. The van der Waals surface area contributed by atoms with Crippen LogP contribution in [0.1, 0.15) is 27.7 Å². The van der Waals surface area contributed by atoms with Crippen molar-refractivity contribution in [1.82, 2.24) is 9.80 Å². The summed E-state index contributed by atoms with van der Waals surface area (Å²) in [5, 5.41) is 8.66. The fourth-order valence-electron chi connectivity index (χ4n) is 1.78. The van der Waals surface area contributed by atoms with Crippen molar-refractivity contribution in [3.63, 3.8) is 0 Å². The van der Waals surface area contributed by atoms with E-state index in [-0.39, 0.29) is 19.0 Å². The third-order valence-electron chi connectivity index (χ3n) is 2.33. The molecule has 1 amide bonds. The van der Waals surface area contributed by atoms with Crippen LogP contribution in [0, 0.1) is 11.8 Å². The van der Waals surface area contributed by atoms with Crippen molar-refractivity contribution >= 4 is 11.9 Å². The molecule has 0 heterocycles. The first-order valence-corrected chi connectivity index (χ1v) is 6.40. The van der Waals surface area contributed by atoms with Gasteiger partial charge in [0.05, 0.1) is 13.1 Å². The zero-order valence-electron chi connectivity index (χ0n) is 12.1. The molecule has 1 N–H and O–H groups in total. The Balaban J connectivity index is 4.40. The highest BCUT2D eigenvalue weighted by atomic mass is 16.4. The number of nitrogens with zero attached hydrogens (tertiary/aromatic N) is 2. The summed E-state index contributed by atoms with van der Waals surface area (Å²) in [6, 6.07) is 0. The molecule has 18 heavy (non-hydrogen) atoms. The third-order valence-corrected chi connectivity index (χ3v) is 2.33. The lowest BCUT2D eigenvalue weighted by Gasteiger charge is -2.28. The SMILES string of the molecule is CC(C)CN(CC(C)C)C(=O)CN(C)CC(=O)O. The Kier molecular flexibility index (Phi) is 7.59. The number of carboxylic acid groups (broad SMARTS) is 1. The molecule has 0 radical (unpaired) electrons. The number of hydrogen-bond donors (Lipinski definition) is 1. The predicted molar refractivity (Wildman–Crippen MR) is 71.4 cm³/mol. The molecule has 0 fully saturated rings. The predicted octanol–water partition coefficient (Wildman–Crippen LogP) is 1.14. The minimum atomic E-state index is -0.912. The number of amides is 1. The molecule has 0 aliphatic carbocycles. The molecular formula is C13H26N2O3. The highest BCUT2D eigenvalue weighted by Crippen LogP contribution is 2.05. The van der Waals surface area contributed by atoms with E-state index in [0.29, 0.717) is 11.8 Å². The van der Waals surface area contributed by atoms with E-state index < -0.39 is 5.97 Å². The molecule has 0 aromatic rings. The zero-order chi connectivity index (χ0) is 14.3. The lowest BCUT2D eigenvalue weighted by molar-refractivity contribution is -0.139. The molecule has 0 rings (SSSR count). The maximum atomic E-state index is 12.1. The monoisotopic (exact) mass is 258 g/mol. The lowest BCUT2D eigenvalue weighted by Crippen LogP contribution is -2.43. The first kappa shape index (κ1) is 16.9. The molecule has 0 saturated heterocycles. The first-order valence-electron chi connectivity index (χ1n) is 6.40. The molecule has 0 aromatic carbocycles. The Bertz CT molecular complexity index is 267. The van der Waals surface area contributed by atoms with Crippen molar-refractivity contribution in [3.8, 4) is 0 Å². The third kappa shape index (κ3) is 8.06. The van der Waals surface area contributed by atoms with Gasteiger partial charge in [-0.1, -0.05) is 27.7 Å². The van der Waals surface area contributed by atoms with Crippen LogP contribution in [0.25, 0.3) is 0 Å². The standard InChI is InChI=1S/C13H26N2O3/c1-10(2)6-15(7-11(3)4)12(16)8-14(5)9-13(17)18/h10-11H,6-9H2,1-5H3,(H,17,18). The summed E-state index contributed by atoms with van der Waals surface area (Å²) in [6.07, 6.45) is 0. The Hall–Kier alpha value is -1.10. The second-order valence-corrected chi connectivity index (χ2v) is 5.65. The molecule has 0 aromatic heterocycles. The van der Waals surface area contributed by atoms with Crippen LogP contribution in [0.3, 0.4) is 0 Å². The van der Waals surface area contributed by atoms with Crippen molar-refractivity contribution in [3.05, 3.63) is 0 Å². The second-order valence-electron chi connectivity index (χ2n) is 5.65. The Morgan fingerprint density at radius 1 is 1.00 bits per heavy atom. The van der Waals surface area contributed by atoms with Crippen molar-refractivity contribution < 1.29 is 14.7 Å². The van der Waals surface area contributed by atoms with E-state index in [1.54, 1.807) is 7.05 Å². The van der Waals surface area contributed by atoms with Gasteiger partial charge in [0.15, 0.2) is 0 Å². The molecule has 0 aliphatic rings. The summed E-state index contributed by atoms with van der Waals surface area (Å²) in [6.45, 7) is 9.77. The average Bonchev–Trinajstić information content (AvgIpc) is 2.13. The van der Waals surface area contributed by atoms with E-state index in [1.807, 2.05) is 4.90 Å². The Labute approximate surface area is 110 Å². The minimum Gasteiger partial charge on any atom is -0.480 e. The normalized spacial score (nSPS) is 11.3. The fourth-order valence-corrected chi connectivity index (χ4v) is 1.78. The van der Waals surface area contributed by atoms with Crippen LogP contribution >= 0.6 is 0 Å². The summed E-state index contributed by atoms with van der Waals surface area (Å²) in [4.78, 5) is 26.0. The van der Waals surface area contributed by atoms with Gasteiger partial charge in [0.2, 0.25) is 5.91 Å². The van der Waals surface area contributed by atoms with Gasteiger partial charge in [-0.25, -0.2) is 0 Å². The van der Waals surface area contributed by atoms with Crippen LogP contribution in [-0.2, 0) is 9.59 Å². The van der Waals surface area contributed by atoms with Crippen molar-refractivity contribution in [2.24, 2.45) is 11.8 Å². The summed E-state index contributed by atoms with van der Waals surface area (Å²) < 4.78 is 0. The van der Waals surface area contributed by atoms with E-state index in [2.05, 4.69) is 27.7 Å².